The third-order valence-corrected chi connectivity index (χ3v) is 2.54. The topological polar surface area (TPSA) is 29.5 Å². The van der Waals surface area contributed by atoms with Gasteiger partial charge in [0.25, 0.3) is 0 Å². The van der Waals surface area contributed by atoms with Crippen molar-refractivity contribution in [2.24, 2.45) is 5.92 Å². The number of nitrogens with zero attached hydrogens (tertiary/aromatic N) is 1. The molecule has 4 heteroatoms. The van der Waals surface area contributed by atoms with E-state index < -0.39 is 0 Å². The van der Waals surface area contributed by atoms with Gasteiger partial charge >= 0.3 is 6.09 Å². The summed E-state index contributed by atoms with van der Waals surface area (Å²) in [5.41, 5.74) is 0. The predicted molar refractivity (Wildman–Crippen MR) is 55.1 cm³/mol. The summed E-state index contributed by atoms with van der Waals surface area (Å²) in [4.78, 5) is 13.2. The first-order chi connectivity index (χ1) is 6.24. The van der Waals surface area contributed by atoms with Gasteiger partial charge in [-0.2, -0.15) is 0 Å². The highest BCUT2D eigenvalue weighted by Crippen LogP contribution is 2.15. The maximum Gasteiger partial charge on any atom is 0.409 e. The lowest BCUT2D eigenvalue weighted by Gasteiger charge is -2.29. The van der Waals surface area contributed by atoms with Gasteiger partial charge in [-0.05, 0) is 18.8 Å². The van der Waals surface area contributed by atoms with Crippen molar-refractivity contribution < 1.29 is 9.53 Å². The lowest BCUT2D eigenvalue weighted by molar-refractivity contribution is 0.0914. The standard InChI is InChI=1S/C9H16BrNO2/c1-8-3-2-5-11(7-8)9(12)13-6-4-10/h8H,2-7H2,1H3. The van der Waals surface area contributed by atoms with Crippen LogP contribution in [0.5, 0.6) is 0 Å². The third-order valence-electron chi connectivity index (χ3n) is 2.22. The quantitative estimate of drug-likeness (QED) is 0.703. The summed E-state index contributed by atoms with van der Waals surface area (Å²) in [7, 11) is 0. The second-order valence-electron chi connectivity index (χ2n) is 3.50. The number of likely N-dealkylation sites (tertiary alicyclic amines) is 1. The molecule has 1 unspecified atom stereocenters. The number of rotatable bonds is 2. The Balaban J connectivity index is 2.28. The summed E-state index contributed by atoms with van der Waals surface area (Å²) in [6.45, 7) is 4.33. The Morgan fingerprint density at radius 1 is 1.69 bits per heavy atom. The van der Waals surface area contributed by atoms with E-state index in [9.17, 15) is 4.79 Å². The van der Waals surface area contributed by atoms with Crippen molar-refractivity contribution in [1.82, 2.24) is 4.90 Å². The number of hydrogen-bond acceptors (Lipinski definition) is 2. The number of halogens is 1. The normalized spacial score (nSPS) is 22.9. The Kier molecular flexibility index (Phi) is 4.56. The maximum absolute atomic E-state index is 11.4. The fourth-order valence-electron chi connectivity index (χ4n) is 1.57. The van der Waals surface area contributed by atoms with Crippen molar-refractivity contribution in [3.63, 3.8) is 0 Å². The minimum Gasteiger partial charge on any atom is -0.449 e. The molecule has 0 radical (unpaired) electrons. The van der Waals surface area contributed by atoms with Crippen LogP contribution in [-0.4, -0.2) is 36.0 Å². The number of alkyl halides is 1. The highest BCUT2D eigenvalue weighted by molar-refractivity contribution is 9.09. The van der Waals surface area contributed by atoms with Gasteiger partial charge in [-0.25, -0.2) is 4.79 Å². The van der Waals surface area contributed by atoms with Gasteiger partial charge in [0.05, 0.1) is 0 Å². The van der Waals surface area contributed by atoms with Crippen LogP contribution in [0.4, 0.5) is 4.79 Å². The van der Waals surface area contributed by atoms with E-state index >= 15 is 0 Å². The Bertz CT molecular complexity index is 175. The molecule has 1 amide bonds. The van der Waals surface area contributed by atoms with Gasteiger partial charge in [-0.3, -0.25) is 0 Å². The van der Waals surface area contributed by atoms with Gasteiger partial charge in [-0.1, -0.05) is 22.9 Å². The van der Waals surface area contributed by atoms with E-state index in [1.165, 1.54) is 6.42 Å². The molecule has 0 bridgehead atoms. The molecule has 1 rings (SSSR count). The maximum atomic E-state index is 11.4. The first-order valence-electron chi connectivity index (χ1n) is 4.71. The van der Waals surface area contributed by atoms with Crippen LogP contribution in [0.3, 0.4) is 0 Å². The van der Waals surface area contributed by atoms with Crippen molar-refractivity contribution >= 4 is 22.0 Å². The van der Waals surface area contributed by atoms with Crippen molar-refractivity contribution in [2.45, 2.75) is 19.8 Å². The molecule has 13 heavy (non-hydrogen) atoms. The predicted octanol–water partition coefficient (Wildman–Crippen LogP) is 2.25. The number of amides is 1. The Morgan fingerprint density at radius 3 is 3.08 bits per heavy atom. The molecule has 1 fully saturated rings. The molecule has 0 aromatic heterocycles. The summed E-state index contributed by atoms with van der Waals surface area (Å²) in [6.07, 6.45) is 2.17. The van der Waals surface area contributed by atoms with Crippen LogP contribution in [0, 0.1) is 5.92 Å². The van der Waals surface area contributed by atoms with Crippen LogP contribution >= 0.6 is 15.9 Å². The fraction of sp³-hybridized carbons (Fsp3) is 0.889. The second kappa shape index (κ2) is 5.47. The van der Waals surface area contributed by atoms with Crippen molar-refractivity contribution in [2.75, 3.05) is 25.0 Å². The monoisotopic (exact) mass is 249 g/mol. The molecular weight excluding hydrogens is 234 g/mol. The van der Waals surface area contributed by atoms with Crippen LogP contribution < -0.4 is 0 Å². The average molecular weight is 250 g/mol. The van der Waals surface area contributed by atoms with Crippen molar-refractivity contribution in [1.29, 1.82) is 0 Å². The number of piperidine rings is 1. The number of hydrogen-bond donors (Lipinski definition) is 0. The minimum atomic E-state index is -0.161. The number of carbonyl (C=O) groups excluding carboxylic acids is 1. The fourth-order valence-corrected chi connectivity index (χ4v) is 1.73. The van der Waals surface area contributed by atoms with Gasteiger partial charge < -0.3 is 9.64 Å². The highest BCUT2D eigenvalue weighted by atomic mass is 79.9. The van der Waals surface area contributed by atoms with Crippen LogP contribution in [0.1, 0.15) is 19.8 Å². The van der Waals surface area contributed by atoms with E-state index in [0.29, 0.717) is 17.9 Å². The second-order valence-corrected chi connectivity index (χ2v) is 4.29. The van der Waals surface area contributed by atoms with Crippen molar-refractivity contribution in [3.8, 4) is 0 Å². The summed E-state index contributed by atoms with van der Waals surface area (Å²) in [6, 6.07) is 0. The average Bonchev–Trinajstić information content (AvgIpc) is 2.14. The highest BCUT2D eigenvalue weighted by Gasteiger charge is 2.21. The van der Waals surface area contributed by atoms with E-state index in [1.807, 2.05) is 0 Å². The molecule has 1 atom stereocenters. The van der Waals surface area contributed by atoms with Crippen molar-refractivity contribution in [3.05, 3.63) is 0 Å². The van der Waals surface area contributed by atoms with Gasteiger partial charge in [0.2, 0.25) is 0 Å². The summed E-state index contributed by atoms with van der Waals surface area (Å²) >= 11 is 3.22. The van der Waals surface area contributed by atoms with Crippen LogP contribution in [0.25, 0.3) is 0 Å². The third kappa shape index (κ3) is 3.55. The number of ether oxygens (including phenoxy) is 1. The largest absolute Gasteiger partial charge is 0.449 e. The van der Waals surface area contributed by atoms with Gasteiger partial charge in [-0.15, -0.1) is 0 Å². The molecule has 0 saturated carbocycles. The first-order valence-corrected chi connectivity index (χ1v) is 5.84. The molecule has 0 aromatic carbocycles. The molecular formula is C9H16BrNO2. The smallest absolute Gasteiger partial charge is 0.409 e. The molecule has 0 aromatic rings. The molecule has 1 aliphatic heterocycles. The lowest BCUT2D eigenvalue weighted by atomic mass is 10.0. The number of carbonyl (C=O) groups is 1. The molecule has 0 aliphatic carbocycles. The SMILES string of the molecule is CC1CCCN(C(=O)OCCBr)C1. The van der Waals surface area contributed by atoms with Crippen LogP contribution in [-0.2, 0) is 4.74 Å². The van der Waals surface area contributed by atoms with Crippen LogP contribution in [0.2, 0.25) is 0 Å². The molecule has 1 saturated heterocycles. The minimum absolute atomic E-state index is 0.161. The lowest BCUT2D eigenvalue weighted by Crippen LogP contribution is -2.39. The van der Waals surface area contributed by atoms with Gasteiger partial charge in [0.1, 0.15) is 6.61 Å². The molecule has 0 N–H and O–H groups in total. The summed E-state index contributed by atoms with van der Waals surface area (Å²) in [5, 5.41) is 0.710. The molecule has 0 spiro atoms. The molecule has 76 valence electrons. The zero-order valence-electron chi connectivity index (χ0n) is 7.96. The Hall–Kier alpha value is -0.250. The molecule has 1 heterocycles. The Labute approximate surface area is 87.6 Å². The van der Waals surface area contributed by atoms with E-state index in [-0.39, 0.29) is 6.09 Å². The Morgan fingerprint density at radius 2 is 2.46 bits per heavy atom. The summed E-state index contributed by atoms with van der Waals surface area (Å²) in [5.74, 6) is 0.616. The van der Waals surface area contributed by atoms with E-state index in [1.54, 1.807) is 4.90 Å². The molecule has 3 nitrogen and oxygen atoms in total. The zero-order valence-corrected chi connectivity index (χ0v) is 9.55. The van der Waals surface area contributed by atoms with E-state index in [0.717, 1.165) is 19.5 Å². The first kappa shape index (κ1) is 10.8. The van der Waals surface area contributed by atoms with E-state index in [4.69, 9.17) is 4.74 Å². The van der Waals surface area contributed by atoms with Crippen LogP contribution in [0.15, 0.2) is 0 Å². The molecule has 1 aliphatic rings. The van der Waals surface area contributed by atoms with Gasteiger partial charge in [0, 0.05) is 18.4 Å². The van der Waals surface area contributed by atoms with Gasteiger partial charge in [0.15, 0.2) is 0 Å². The zero-order chi connectivity index (χ0) is 9.68. The summed E-state index contributed by atoms with van der Waals surface area (Å²) < 4.78 is 5.02. The van der Waals surface area contributed by atoms with E-state index in [2.05, 4.69) is 22.9 Å².